The number of aryl methyl sites for hydroxylation is 2. The van der Waals surface area contributed by atoms with Crippen LogP contribution in [0.25, 0.3) is 5.57 Å². The lowest BCUT2D eigenvalue weighted by Crippen LogP contribution is -2.03. The number of allylic oxidation sites excluding steroid dienone is 6. The Morgan fingerprint density at radius 3 is 1.78 bits per heavy atom. The quantitative estimate of drug-likeness (QED) is 0.431. The fourth-order valence-electron chi connectivity index (χ4n) is 4.54. The number of Topliss-reactive ketones (excluding diaryl/α,β-unsaturated/α-hetero) is 2. The first kappa shape index (κ1) is 24.8. The Bertz CT molecular complexity index is 1810. The molecule has 186 valence electrons. The summed E-state index contributed by atoms with van der Waals surface area (Å²) in [5.41, 5.74) is 3.08. The first-order valence-electron chi connectivity index (χ1n) is 11.5. The van der Waals surface area contributed by atoms with Crippen molar-refractivity contribution in [2.45, 2.75) is 30.1 Å². The molecule has 0 amide bonds. The maximum atomic E-state index is 13.1. The molecule has 0 saturated heterocycles. The van der Waals surface area contributed by atoms with E-state index in [-0.39, 0.29) is 37.1 Å². The molecule has 3 aromatic carbocycles. The summed E-state index contributed by atoms with van der Waals surface area (Å²) in [6, 6.07) is 18.2. The van der Waals surface area contributed by atoms with E-state index in [4.69, 9.17) is 0 Å². The summed E-state index contributed by atoms with van der Waals surface area (Å²) in [7, 11) is -7.96. The van der Waals surface area contributed by atoms with Crippen LogP contribution >= 0.6 is 0 Å². The van der Waals surface area contributed by atoms with E-state index in [2.05, 4.69) is 0 Å². The van der Waals surface area contributed by atoms with E-state index in [0.717, 1.165) is 11.1 Å². The Morgan fingerprint density at radius 1 is 0.703 bits per heavy atom. The van der Waals surface area contributed by atoms with E-state index < -0.39 is 31.2 Å². The van der Waals surface area contributed by atoms with Gasteiger partial charge in [-0.15, -0.1) is 0 Å². The number of rotatable bonds is 4. The third kappa shape index (κ3) is 4.12. The van der Waals surface area contributed by atoms with Crippen LogP contribution in [-0.4, -0.2) is 28.4 Å². The third-order valence-electron chi connectivity index (χ3n) is 6.45. The van der Waals surface area contributed by atoms with Crippen LogP contribution in [0.2, 0.25) is 0 Å². The van der Waals surface area contributed by atoms with Gasteiger partial charge >= 0.3 is 0 Å². The van der Waals surface area contributed by atoms with E-state index in [1.165, 1.54) is 30.4 Å². The summed E-state index contributed by atoms with van der Waals surface area (Å²) in [6.45, 7) is 3.56. The molecule has 0 aromatic heterocycles. The zero-order valence-electron chi connectivity index (χ0n) is 20.1. The van der Waals surface area contributed by atoms with Gasteiger partial charge in [0.1, 0.15) is 9.81 Å². The van der Waals surface area contributed by atoms with Crippen molar-refractivity contribution in [2.75, 3.05) is 0 Å². The molecule has 0 fully saturated rings. The number of benzene rings is 3. The van der Waals surface area contributed by atoms with Crippen molar-refractivity contribution in [1.29, 1.82) is 0 Å². The van der Waals surface area contributed by atoms with Gasteiger partial charge in [-0.25, -0.2) is 16.8 Å². The van der Waals surface area contributed by atoms with Gasteiger partial charge in [-0.05, 0) is 61.7 Å². The molecular weight excluding hydrogens is 508 g/mol. The maximum absolute atomic E-state index is 13.1. The van der Waals surface area contributed by atoms with Gasteiger partial charge in [0.05, 0.1) is 9.79 Å². The van der Waals surface area contributed by atoms with Crippen molar-refractivity contribution in [3.8, 4) is 0 Å². The second-order valence-electron chi connectivity index (χ2n) is 9.03. The Labute approximate surface area is 215 Å². The van der Waals surface area contributed by atoms with Gasteiger partial charge in [-0.1, -0.05) is 65.7 Å². The topological polar surface area (TPSA) is 102 Å². The van der Waals surface area contributed by atoms with Crippen LogP contribution in [0.3, 0.4) is 0 Å². The van der Waals surface area contributed by atoms with Gasteiger partial charge in [0.25, 0.3) is 0 Å². The van der Waals surface area contributed by atoms with Crippen molar-refractivity contribution in [3.63, 3.8) is 0 Å². The van der Waals surface area contributed by atoms with Crippen molar-refractivity contribution in [1.82, 2.24) is 0 Å². The van der Waals surface area contributed by atoms with Crippen molar-refractivity contribution in [3.05, 3.63) is 123 Å². The van der Waals surface area contributed by atoms with Crippen LogP contribution in [0, 0.1) is 13.8 Å². The highest BCUT2D eigenvalue weighted by atomic mass is 32.2. The highest BCUT2D eigenvalue weighted by Gasteiger charge is 2.40. The molecule has 0 aliphatic carbocycles. The van der Waals surface area contributed by atoms with E-state index in [1.54, 1.807) is 62.4 Å². The summed E-state index contributed by atoms with van der Waals surface area (Å²) >= 11 is 0. The molecule has 0 spiro atoms. The fraction of sp³-hybridized carbons (Fsp3) is 0.103. The van der Waals surface area contributed by atoms with Gasteiger partial charge in [-0.3, -0.25) is 9.59 Å². The van der Waals surface area contributed by atoms with Crippen LogP contribution in [-0.2, 0) is 19.7 Å². The zero-order chi connectivity index (χ0) is 26.5. The Hall–Kier alpha value is -3.88. The molecule has 8 heteroatoms. The van der Waals surface area contributed by atoms with Gasteiger partial charge in [0.2, 0.25) is 31.2 Å². The molecule has 2 heterocycles. The number of carbonyl (C=O) groups excluding carboxylic acids is 2. The Kier molecular flexibility index (Phi) is 5.96. The maximum Gasteiger partial charge on any atom is 0.211 e. The van der Waals surface area contributed by atoms with E-state index in [1.807, 2.05) is 6.07 Å². The third-order valence-corrected chi connectivity index (χ3v) is 10.2. The van der Waals surface area contributed by atoms with Gasteiger partial charge in [0, 0.05) is 11.1 Å². The summed E-state index contributed by atoms with van der Waals surface area (Å²) in [5, 5.41) is 0. The highest BCUT2D eigenvalue weighted by molar-refractivity contribution is 7.97. The van der Waals surface area contributed by atoms with Crippen LogP contribution in [0.4, 0.5) is 0 Å². The molecule has 0 bridgehead atoms. The van der Waals surface area contributed by atoms with Gasteiger partial charge < -0.3 is 0 Å². The van der Waals surface area contributed by atoms with Gasteiger partial charge in [0.15, 0.2) is 0 Å². The van der Waals surface area contributed by atoms with Gasteiger partial charge in [-0.2, -0.15) is 0 Å². The number of sulfone groups is 2. The normalized spacial score (nSPS) is 19.9. The standard InChI is InChI=1S/C29H22O6S2/c1-18-8-12-24-22(16-18)28(30)26(36(24,32)33)14-10-21(20-6-4-3-5-7-20)11-15-27-29(31)23-17-19(2)9-13-25(23)37(27,34)35/h3-10,12-17H,11H2,1-2H3. The Balaban J connectivity index is 1.58. The molecule has 0 unspecified atom stereocenters. The largest absolute Gasteiger partial charge is 0.288 e. The first-order valence-corrected chi connectivity index (χ1v) is 14.5. The summed E-state index contributed by atoms with van der Waals surface area (Å²) in [4.78, 5) is 25.2. The smallest absolute Gasteiger partial charge is 0.211 e. The highest BCUT2D eigenvalue weighted by Crippen LogP contribution is 2.37. The zero-order valence-corrected chi connectivity index (χ0v) is 21.7. The predicted octanol–water partition coefficient (Wildman–Crippen LogP) is 5.19. The summed E-state index contributed by atoms with van der Waals surface area (Å²) in [6.07, 6.45) is 4.14. The molecule has 0 radical (unpaired) electrons. The van der Waals surface area contributed by atoms with Crippen LogP contribution in [0.5, 0.6) is 0 Å². The molecule has 5 rings (SSSR count). The lowest BCUT2D eigenvalue weighted by atomic mass is 10.0. The molecule has 0 atom stereocenters. The number of carbonyl (C=O) groups is 2. The van der Waals surface area contributed by atoms with E-state index >= 15 is 0 Å². The monoisotopic (exact) mass is 530 g/mol. The van der Waals surface area contributed by atoms with Crippen molar-refractivity contribution in [2.24, 2.45) is 0 Å². The molecule has 2 aliphatic rings. The minimum atomic E-state index is -3.99. The fourth-order valence-corrected chi connectivity index (χ4v) is 7.65. The second-order valence-corrected chi connectivity index (χ2v) is 12.8. The van der Waals surface area contributed by atoms with Crippen LogP contribution < -0.4 is 0 Å². The summed E-state index contributed by atoms with van der Waals surface area (Å²) in [5.74, 6) is -1.15. The molecule has 0 saturated carbocycles. The number of ketones is 2. The minimum Gasteiger partial charge on any atom is -0.288 e. The lowest BCUT2D eigenvalue weighted by molar-refractivity contribution is 0.103. The van der Waals surface area contributed by atoms with E-state index in [9.17, 15) is 26.4 Å². The molecule has 37 heavy (non-hydrogen) atoms. The Morgan fingerprint density at radius 2 is 1.22 bits per heavy atom. The molecular formula is C29H22O6S2. The SMILES string of the molecule is Cc1ccc2c(c1)C(=O)C(=CC=C(CC=C1C(=O)c3cc(C)ccc3S1(=O)=O)c1ccccc1)S2(=O)=O. The first-order chi connectivity index (χ1) is 17.5. The number of hydrogen-bond acceptors (Lipinski definition) is 6. The average Bonchev–Trinajstić information content (AvgIpc) is 3.16. The van der Waals surface area contributed by atoms with Crippen LogP contribution in [0.15, 0.2) is 105 Å². The van der Waals surface area contributed by atoms with E-state index in [0.29, 0.717) is 11.1 Å². The minimum absolute atomic E-state index is 0.0163. The second kappa shape index (κ2) is 8.90. The van der Waals surface area contributed by atoms with Crippen molar-refractivity contribution >= 4 is 36.8 Å². The average molecular weight is 531 g/mol. The molecule has 0 N–H and O–H groups in total. The van der Waals surface area contributed by atoms with Crippen molar-refractivity contribution < 1.29 is 26.4 Å². The molecule has 3 aromatic rings. The molecule has 2 aliphatic heterocycles. The molecule has 6 nitrogen and oxygen atoms in total. The predicted molar refractivity (Wildman–Crippen MR) is 141 cm³/mol. The van der Waals surface area contributed by atoms with Crippen LogP contribution in [0.1, 0.15) is 43.8 Å². The number of fused-ring (bicyclic) bond motifs is 2. The lowest BCUT2D eigenvalue weighted by Gasteiger charge is -2.06. The summed E-state index contributed by atoms with van der Waals surface area (Å²) < 4.78 is 52.2. The number of hydrogen-bond donors (Lipinski definition) is 0.